The fourth-order valence-corrected chi connectivity index (χ4v) is 6.26. The first kappa shape index (κ1) is 28.4. The van der Waals surface area contributed by atoms with Crippen LogP contribution in [0.4, 0.5) is 0 Å². The van der Waals surface area contributed by atoms with Crippen molar-refractivity contribution >= 4 is 30.7 Å². The number of fused-ring (bicyclic) bond motifs is 1. The first-order chi connectivity index (χ1) is 17.2. The van der Waals surface area contributed by atoms with E-state index in [1.807, 2.05) is 44.3 Å². The quantitative estimate of drug-likeness (QED) is 0.236. The van der Waals surface area contributed by atoms with Crippen molar-refractivity contribution < 1.29 is 24.2 Å². The molecule has 200 valence electrons. The summed E-state index contributed by atoms with van der Waals surface area (Å²) in [6, 6.07) is 6.07. The van der Waals surface area contributed by atoms with Crippen molar-refractivity contribution in [2.75, 3.05) is 6.54 Å². The van der Waals surface area contributed by atoms with Crippen molar-refractivity contribution in [3.63, 3.8) is 0 Å². The van der Waals surface area contributed by atoms with Crippen LogP contribution in [0, 0.1) is 11.8 Å². The van der Waals surface area contributed by atoms with Crippen LogP contribution in [0.2, 0.25) is 0 Å². The number of H-pyrrole nitrogens is 1. The third-order valence-electron chi connectivity index (χ3n) is 7.33. The Labute approximate surface area is 213 Å². The minimum Gasteiger partial charge on any atom is -0.391 e. The van der Waals surface area contributed by atoms with Gasteiger partial charge in [0.2, 0.25) is 11.8 Å². The number of amides is 2. The second-order valence-corrected chi connectivity index (χ2v) is 11.8. The maximum absolute atomic E-state index is 13.2. The Kier molecular flexibility index (Phi) is 10.5. The topological polar surface area (TPSA) is 158 Å². The molecular weight excluding hydrogens is 479 g/mol. The van der Waals surface area contributed by atoms with Gasteiger partial charge in [-0.2, -0.15) is 0 Å². The number of aromatic nitrogens is 1. The number of carbonyl (C=O) groups excluding carboxylic acids is 2. The van der Waals surface area contributed by atoms with Crippen molar-refractivity contribution in [3.8, 4) is 0 Å². The van der Waals surface area contributed by atoms with Gasteiger partial charge >= 0.3 is 0 Å². The van der Waals surface area contributed by atoms with E-state index in [0.717, 1.165) is 48.6 Å². The molecule has 0 saturated heterocycles. The lowest BCUT2D eigenvalue weighted by atomic mass is 9.85. The number of carbonyl (C=O) groups is 2. The van der Waals surface area contributed by atoms with E-state index < -0.39 is 43.7 Å². The average Bonchev–Trinajstić information content (AvgIpc) is 3.27. The standard InChI is InChI=1S/C26H41N4O5P/c1-16(2)24(27)26(33)30-22(12-18-14-28-21-11-7-6-10-20(18)21)25(32)29-15-19(31)13-23(36(34)35)17-8-4-3-5-9-17/h6-7,10-11,14,16-17,19,22-24,28,31,36H,3-5,8-9,12-13,15,27H2,1-2H3,(H,29,32)(H,30,33)(H,34,35)/t19-,22+,23?,24+/m1/s1. The second kappa shape index (κ2) is 13.4. The molecule has 7 N–H and O–H groups in total. The van der Waals surface area contributed by atoms with Gasteiger partial charge in [0.05, 0.1) is 12.1 Å². The Morgan fingerprint density at radius 2 is 1.86 bits per heavy atom. The summed E-state index contributed by atoms with van der Waals surface area (Å²) in [5.74, 6) is -0.815. The van der Waals surface area contributed by atoms with Gasteiger partial charge in [0, 0.05) is 35.7 Å². The zero-order valence-corrected chi connectivity index (χ0v) is 22.2. The van der Waals surface area contributed by atoms with E-state index in [-0.39, 0.29) is 31.2 Å². The molecule has 2 aromatic rings. The predicted molar refractivity (Wildman–Crippen MR) is 142 cm³/mol. The van der Waals surface area contributed by atoms with Gasteiger partial charge in [-0.15, -0.1) is 0 Å². The highest BCUT2D eigenvalue weighted by Crippen LogP contribution is 2.40. The molecule has 1 aromatic carbocycles. The van der Waals surface area contributed by atoms with Crippen molar-refractivity contribution in [1.82, 2.24) is 15.6 Å². The van der Waals surface area contributed by atoms with Gasteiger partial charge in [0.1, 0.15) is 6.04 Å². The summed E-state index contributed by atoms with van der Waals surface area (Å²) in [7, 11) is -2.81. The minimum absolute atomic E-state index is 0.0618. The van der Waals surface area contributed by atoms with Gasteiger partial charge in [-0.1, -0.05) is 51.3 Å². The van der Waals surface area contributed by atoms with Crippen molar-refractivity contribution in [3.05, 3.63) is 36.0 Å². The van der Waals surface area contributed by atoms with E-state index in [1.54, 1.807) is 0 Å². The summed E-state index contributed by atoms with van der Waals surface area (Å²) in [6.45, 7) is 3.61. The van der Waals surface area contributed by atoms with E-state index in [9.17, 15) is 24.2 Å². The Morgan fingerprint density at radius 1 is 1.17 bits per heavy atom. The van der Waals surface area contributed by atoms with Crippen LogP contribution in [0.5, 0.6) is 0 Å². The van der Waals surface area contributed by atoms with Gasteiger partial charge in [0.15, 0.2) is 8.03 Å². The molecule has 0 radical (unpaired) electrons. The maximum atomic E-state index is 13.2. The van der Waals surface area contributed by atoms with Crippen LogP contribution < -0.4 is 16.4 Å². The highest BCUT2D eigenvalue weighted by molar-refractivity contribution is 7.38. The molecule has 3 rings (SSSR count). The number of benzene rings is 1. The van der Waals surface area contributed by atoms with Gasteiger partial charge in [-0.3, -0.25) is 14.2 Å². The van der Waals surface area contributed by atoms with Crippen molar-refractivity contribution in [1.29, 1.82) is 0 Å². The Bertz CT molecular complexity index is 1040. The summed E-state index contributed by atoms with van der Waals surface area (Å²) in [5, 5.41) is 17.1. The highest BCUT2D eigenvalue weighted by Gasteiger charge is 2.31. The van der Waals surface area contributed by atoms with E-state index in [1.165, 1.54) is 0 Å². The number of aliphatic hydroxyl groups is 1. The van der Waals surface area contributed by atoms with Crippen molar-refractivity contribution in [2.45, 2.75) is 82.6 Å². The largest absolute Gasteiger partial charge is 0.391 e. The molecule has 0 bridgehead atoms. The van der Waals surface area contributed by atoms with Crippen LogP contribution in [-0.4, -0.2) is 57.2 Å². The monoisotopic (exact) mass is 520 g/mol. The Balaban J connectivity index is 1.66. The molecule has 0 spiro atoms. The number of nitrogens with two attached hydrogens (primary N) is 1. The van der Waals surface area contributed by atoms with Crippen LogP contribution in [0.15, 0.2) is 30.5 Å². The molecule has 1 fully saturated rings. The highest BCUT2D eigenvalue weighted by atomic mass is 31.1. The van der Waals surface area contributed by atoms with Crippen LogP contribution in [0.1, 0.15) is 57.9 Å². The molecule has 1 aromatic heterocycles. The third-order valence-corrected chi connectivity index (χ3v) is 8.67. The molecule has 1 saturated carbocycles. The maximum Gasteiger partial charge on any atom is 0.243 e. The van der Waals surface area contributed by atoms with E-state index >= 15 is 0 Å². The first-order valence-electron chi connectivity index (χ1n) is 13.0. The molecule has 2 unspecified atom stereocenters. The molecule has 36 heavy (non-hydrogen) atoms. The summed E-state index contributed by atoms with van der Waals surface area (Å²) < 4.78 is 12.0. The normalized spacial score (nSPS) is 18.9. The second-order valence-electron chi connectivity index (χ2n) is 10.4. The van der Waals surface area contributed by atoms with Crippen molar-refractivity contribution in [2.24, 2.45) is 17.6 Å². The van der Waals surface area contributed by atoms with E-state index in [2.05, 4.69) is 15.6 Å². The third kappa shape index (κ3) is 7.65. The Morgan fingerprint density at radius 3 is 2.53 bits per heavy atom. The summed E-state index contributed by atoms with van der Waals surface area (Å²) in [5.41, 5.74) is 7.36. The number of hydrogen-bond acceptors (Lipinski definition) is 5. The minimum atomic E-state index is -2.81. The molecule has 9 nitrogen and oxygen atoms in total. The number of aliphatic hydroxyl groups excluding tert-OH is 1. The number of rotatable bonds is 12. The van der Waals surface area contributed by atoms with Crippen LogP contribution in [0.3, 0.4) is 0 Å². The molecule has 5 atom stereocenters. The molecule has 1 aliphatic carbocycles. The number of nitrogens with one attached hydrogen (secondary N) is 3. The summed E-state index contributed by atoms with van der Waals surface area (Å²) >= 11 is 0. The molecular formula is C26H41N4O5P. The van der Waals surface area contributed by atoms with Crippen LogP contribution in [-0.2, 0) is 20.6 Å². The van der Waals surface area contributed by atoms with Gasteiger partial charge in [-0.25, -0.2) is 0 Å². The van der Waals surface area contributed by atoms with Gasteiger partial charge in [-0.05, 0) is 42.7 Å². The number of aromatic amines is 1. The number of hydrogen-bond donors (Lipinski definition) is 6. The van der Waals surface area contributed by atoms with E-state index in [4.69, 9.17) is 5.73 Å². The van der Waals surface area contributed by atoms with E-state index in [0.29, 0.717) is 0 Å². The summed E-state index contributed by atoms with van der Waals surface area (Å²) in [4.78, 5) is 38.9. The SMILES string of the molecule is CC(C)[C@H](N)C(=O)N[C@@H](Cc1c[nH]c2ccccc12)C(=O)NC[C@H](O)CC(C1CCCCC1)[PH](=O)O. The predicted octanol–water partition coefficient (Wildman–Crippen LogP) is 2.46. The average molecular weight is 521 g/mol. The molecule has 1 aliphatic rings. The van der Waals surface area contributed by atoms with Gasteiger partial charge in [0.25, 0.3) is 0 Å². The fourth-order valence-electron chi connectivity index (χ4n) is 5.05. The molecule has 1 heterocycles. The fraction of sp³-hybridized carbons (Fsp3) is 0.615. The molecule has 2 amide bonds. The Hall–Kier alpha value is -2.19. The zero-order chi connectivity index (χ0) is 26.2. The lowest BCUT2D eigenvalue weighted by molar-refractivity contribution is -0.130. The molecule has 0 aliphatic heterocycles. The smallest absolute Gasteiger partial charge is 0.243 e. The van der Waals surface area contributed by atoms with Crippen LogP contribution in [0.25, 0.3) is 10.9 Å². The first-order valence-corrected chi connectivity index (χ1v) is 14.4. The molecule has 10 heteroatoms. The lowest BCUT2D eigenvalue weighted by Crippen LogP contribution is -2.54. The lowest BCUT2D eigenvalue weighted by Gasteiger charge is -2.30. The van der Waals surface area contributed by atoms with Crippen LogP contribution >= 0.6 is 8.03 Å². The van der Waals surface area contributed by atoms with Gasteiger partial charge < -0.3 is 31.4 Å². The summed E-state index contributed by atoms with van der Waals surface area (Å²) in [6.07, 6.45) is 6.29. The number of para-hydroxylation sites is 1. The zero-order valence-electron chi connectivity index (χ0n) is 21.2.